The van der Waals surface area contributed by atoms with Gasteiger partial charge in [-0.2, -0.15) is 0 Å². The van der Waals surface area contributed by atoms with Crippen molar-refractivity contribution in [2.24, 2.45) is 0 Å². The van der Waals surface area contributed by atoms with Crippen LogP contribution in [0.2, 0.25) is 0 Å². The van der Waals surface area contributed by atoms with Gasteiger partial charge in [0.15, 0.2) is 0 Å². The van der Waals surface area contributed by atoms with Crippen LogP contribution in [0.1, 0.15) is 0 Å². The zero-order valence-electron chi connectivity index (χ0n) is 11.4. The van der Waals surface area contributed by atoms with Crippen molar-refractivity contribution in [3.63, 3.8) is 0 Å². The molecule has 0 N–H and O–H groups in total. The Labute approximate surface area is 122 Å². The van der Waals surface area contributed by atoms with Crippen molar-refractivity contribution in [2.45, 2.75) is 0 Å². The van der Waals surface area contributed by atoms with Crippen LogP contribution in [-0.2, 0) is 0 Å². The van der Waals surface area contributed by atoms with Crippen LogP contribution in [0, 0.1) is 0 Å². The highest BCUT2D eigenvalue weighted by Crippen LogP contribution is 2.30. The van der Waals surface area contributed by atoms with Gasteiger partial charge >= 0.3 is 0 Å². The van der Waals surface area contributed by atoms with E-state index in [1.807, 2.05) is 42.5 Å². The van der Waals surface area contributed by atoms with Gasteiger partial charge in [0, 0.05) is 0 Å². The van der Waals surface area contributed by atoms with E-state index in [0.717, 1.165) is 5.56 Å². The minimum absolute atomic E-state index is 0.0953. The third-order valence-electron chi connectivity index (χ3n) is 3.16. The van der Waals surface area contributed by atoms with E-state index in [1.165, 1.54) is 0 Å². The van der Waals surface area contributed by atoms with Gasteiger partial charge in [-0.15, -0.1) is 0 Å². The second-order valence-corrected chi connectivity index (χ2v) is 4.56. The molecule has 0 aliphatic heterocycles. The summed E-state index contributed by atoms with van der Waals surface area (Å²) in [5.74, 6) is 0.227. The van der Waals surface area contributed by atoms with E-state index in [1.54, 1.807) is 18.2 Å². The lowest BCUT2D eigenvalue weighted by molar-refractivity contribution is 0.278. The molecular weight excluding hydrogens is 264 g/mol. The van der Waals surface area contributed by atoms with Gasteiger partial charge in [-0.3, -0.25) is 4.79 Å². The van der Waals surface area contributed by atoms with Gasteiger partial charge in [0.25, 0.3) is 5.95 Å². The van der Waals surface area contributed by atoms with Gasteiger partial charge in [0.2, 0.25) is 5.43 Å². The van der Waals surface area contributed by atoms with Gasteiger partial charge in [-0.25, -0.2) is 0 Å². The number of para-hydroxylation sites is 1. The summed E-state index contributed by atoms with van der Waals surface area (Å²) in [7, 11) is 0. The smallest absolute Gasteiger partial charge is 0.297 e. The summed E-state index contributed by atoms with van der Waals surface area (Å²) in [6.07, 6.45) is 1.62. The van der Waals surface area contributed by atoms with Crippen molar-refractivity contribution in [2.75, 3.05) is 6.61 Å². The Balaban J connectivity index is 2.31. The van der Waals surface area contributed by atoms with Gasteiger partial charge in [-0.1, -0.05) is 55.1 Å². The van der Waals surface area contributed by atoms with Crippen molar-refractivity contribution in [1.29, 1.82) is 0 Å². The molecule has 0 aliphatic carbocycles. The number of hydrogen-bond donors (Lipinski definition) is 0. The van der Waals surface area contributed by atoms with Crippen LogP contribution in [0.5, 0.6) is 5.95 Å². The molecule has 3 aromatic rings. The van der Waals surface area contributed by atoms with Crippen LogP contribution in [0.15, 0.2) is 76.5 Å². The molecule has 21 heavy (non-hydrogen) atoms. The molecule has 3 heteroatoms. The van der Waals surface area contributed by atoms with Gasteiger partial charge < -0.3 is 9.15 Å². The molecule has 3 rings (SSSR count). The average Bonchev–Trinajstić information content (AvgIpc) is 2.54. The monoisotopic (exact) mass is 278 g/mol. The summed E-state index contributed by atoms with van der Waals surface area (Å²) in [5.41, 5.74) is 1.63. The van der Waals surface area contributed by atoms with Crippen molar-refractivity contribution in [3.05, 3.63) is 77.5 Å². The lowest BCUT2D eigenvalue weighted by atomic mass is 10.1. The highest BCUT2D eigenvalue weighted by molar-refractivity contribution is 5.83. The minimum Gasteiger partial charge on any atom is -0.460 e. The molecule has 0 atom stereocenters. The number of rotatable bonds is 4. The molecule has 0 unspecified atom stereocenters. The van der Waals surface area contributed by atoms with Crippen molar-refractivity contribution in [3.8, 4) is 17.1 Å². The third-order valence-corrected chi connectivity index (χ3v) is 3.16. The first kappa shape index (κ1) is 13.2. The quantitative estimate of drug-likeness (QED) is 0.676. The zero-order chi connectivity index (χ0) is 14.7. The Hall–Kier alpha value is -2.81. The number of hydrogen-bond acceptors (Lipinski definition) is 3. The summed E-state index contributed by atoms with van der Waals surface area (Å²) in [4.78, 5) is 12.7. The molecule has 0 amide bonds. The molecular formula is C18H14O3. The van der Waals surface area contributed by atoms with Crippen LogP contribution in [0.4, 0.5) is 0 Å². The van der Waals surface area contributed by atoms with Gasteiger partial charge in [0.1, 0.15) is 17.8 Å². The van der Waals surface area contributed by atoms with Crippen LogP contribution in [-0.4, -0.2) is 6.61 Å². The molecule has 0 bridgehead atoms. The van der Waals surface area contributed by atoms with Gasteiger partial charge in [-0.05, 0) is 17.7 Å². The predicted octanol–water partition coefficient (Wildman–Crippen LogP) is 4.02. The lowest BCUT2D eigenvalue weighted by Gasteiger charge is -2.10. The highest BCUT2D eigenvalue weighted by atomic mass is 16.6. The third kappa shape index (κ3) is 2.46. The Morgan fingerprint density at radius 2 is 1.76 bits per heavy atom. The molecule has 0 saturated carbocycles. The molecule has 1 heterocycles. The van der Waals surface area contributed by atoms with E-state index in [2.05, 4.69) is 6.58 Å². The molecule has 0 spiro atoms. The number of ether oxygens (including phenoxy) is 1. The van der Waals surface area contributed by atoms with Crippen LogP contribution in [0.25, 0.3) is 22.1 Å². The van der Waals surface area contributed by atoms with Crippen LogP contribution < -0.4 is 10.2 Å². The minimum atomic E-state index is -0.0953. The van der Waals surface area contributed by atoms with Crippen LogP contribution >= 0.6 is 0 Å². The Bertz CT molecular complexity index is 832. The Morgan fingerprint density at radius 1 is 1.05 bits per heavy atom. The maximum absolute atomic E-state index is 12.7. The first-order valence-corrected chi connectivity index (χ1v) is 6.66. The zero-order valence-corrected chi connectivity index (χ0v) is 11.4. The fourth-order valence-corrected chi connectivity index (χ4v) is 2.21. The van der Waals surface area contributed by atoms with E-state index in [4.69, 9.17) is 9.15 Å². The summed E-state index contributed by atoms with van der Waals surface area (Å²) in [6, 6.07) is 16.5. The fourth-order valence-electron chi connectivity index (χ4n) is 2.21. The standard InChI is InChI=1S/C18H14O3/c1-2-12-20-18-16(13-8-4-3-5-9-13)17(19)14-10-6-7-11-15(14)21-18/h2-11H,1,12H2. The second kappa shape index (κ2) is 5.67. The first-order valence-electron chi connectivity index (χ1n) is 6.66. The highest BCUT2D eigenvalue weighted by Gasteiger charge is 2.16. The van der Waals surface area contributed by atoms with E-state index < -0.39 is 0 Å². The molecule has 0 saturated heterocycles. The summed E-state index contributed by atoms with van der Waals surface area (Å²) in [5, 5.41) is 0.544. The maximum Gasteiger partial charge on any atom is 0.297 e. The SMILES string of the molecule is C=CCOc1oc2ccccc2c(=O)c1-c1ccccc1. The molecule has 2 aromatic carbocycles. The fraction of sp³-hybridized carbons (Fsp3) is 0.0556. The largest absolute Gasteiger partial charge is 0.460 e. The number of fused-ring (bicyclic) bond motifs is 1. The number of benzene rings is 2. The lowest BCUT2D eigenvalue weighted by Crippen LogP contribution is -2.08. The van der Waals surface area contributed by atoms with E-state index in [-0.39, 0.29) is 18.0 Å². The Kier molecular flexibility index (Phi) is 3.56. The van der Waals surface area contributed by atoms with E-state index >= 15 is 0 Å². The van der Waals surface area contributed by atoms with Crippen LogP contribution in [0.3, 0.4) is 0 Å². The predicted molar refractivity (Wildman–Crippen MR) is 83.6 cm³/mol. The first-order chi connectivity index (χ1) is 10.3. The second-order valence-electron chi connectivity index (χ2n) is 4.56. The molecule has 0 fully saturated rings. The molecule has 0 radical (unpaired) electrons. The van der Waals surface area contributed by atoms with Crippen molar-refractivity contribution in [1.82, 2.24) is 0 Å². The topological polar surface area (TPSA) is 39.4 Å². The van der Waals surface area contributed by atoms with Crippen molar-refractivity contribution >= 4 is 11.0 Å². The normalized spacial score (nSPS) is 10.5. The molecule has 1 aromatic heterocycles. The molecule has 104 valence electrons. The molecule has 0 aliphatic rings. The maximum atomic E-state index is 12.7. The van der Waals surface area contributed by atoms with E-state index in [9.17, 15) is 4.79 Å². The molecule has 3 nitrogen and oxygen atoms in total. The average molecular weight is 278 g/mol. The summed E-state index contributed by atoms with van der Waals surface area (Å²) < 4.78 is 11.3. The Morgan fingerprint density at radius 3 is 2.52 bits per heavy atom. The van der Waals surface area contributed by atoms with E-state index in [0.29, 0.717) is 16.5 Å². The van der Waals surface area contributed by atoms with Gasteiger partial charge in [0.05, 0.1) is 5.39 Å². The summed E-state index contributed by atoms with van der Waals surface area (Å²) in [6.45, 7) is 3.90. The van der Waals surface area contributed by atoms with Crippen molar-refractivity contribution < 1.29 is 9.15 Å². The summed E-state index contributed by atoms with van der Waals surface area (Å²) >= 11 is 0.